The maximum absolute atomic E-state index is 14.2. The van der Waals surface area contributed by atoms with E-state index in [4.69, 9.17) is 9.72 Å². The van der Waals surface area contributed by atoms with Crippen LogP contribution in [0.15, 0.2) is 90.0 Å². The Morgan fingerprint density at radius 2 is 1.77 bits per heavy atom. The van der Waals surface area contributed by atoms with Gasteiger partial charge >= 0.3 is 0 Å². The van der Waals surface area contributed by atoms with Crippen LogP contribution in [0.25, 0.3) is 0 Å². The second-order valence-corrected chi connectivity index (χ2v) is 13.8. The number of rotatable bonds is 10. The normalized spacial score (nSPS) is 17.0. The first-order chi connectivity index (χ1) is 22.7. The average molecular weight is 657 g/mol. The summed E-state index contributed by atoms with van der Waals surface area (Å²) >= 11 is 0. The fraction of sp³-hybridized carbons (Fsp3) is 0.306. The van der Waals surface area contributed by atoms with E-state index >= 15 is 0 Å². The second-order valence-electron chi connectivity index (χ2n) is 11.9. The zero-order chi connectivity index (χ0) is 33.0. The van der Waals surface area contributed by atoms with Crippen molar-refractivity contribution in [2.45, 2.75) is 68.5 Å². The minimum atomic E-state index is -4.43. The molecule has 1 aromatic heterocycles. The van der Waals surface area contributed by atoms with E-state index in [1.54, 1.807) is 24.3 Å². The van der Waals surface area contributed by atoms with Gasteiger partial charge in [0.2, 0.25) is 15.9 Å². The van der Waals surface area contributed by atoms with Crippen molar-refractivity contribution in [2.75, 3.05) is 11.4 Å². The van der Waals surface area contributed by atoms with Crippen molar-refractivity contribution in [2.24, 2.45) is 0 Å². The molecule has 47 heavy (non-hydrogen) atoms. The van der Waals surface area contributed by atoms with Crippen LogP contribution in [-0.2, 0) is 28.0 Å². The number of ether oxygens (including phenoxy) is 1. The topological polar surface area (TPSA) is 104 Å². The fourth-order valence-corrected chi connectivity index (χ4v) is 7.82. The Hall–Kier alpha value is -4.66. The van der Waals surface area contributed by atoms with Gasteiger partial charge in [0.1, 0.15) is 24.5 Å². The number of hydrogen-bond acceptors (Lipinski definition) is 6. The molecular formula is C36H34F2N4O4S. The molecule has 2 fully saturated rings. The number of pyridine rings is 1. The molecule has 0 bridgehead atoms. The average Bonchev–Trinajstić information content (AvgIpc) is 3.08. The standard InChI is InChI=1S/C36H34F2N4O4S/c37-33-20-32(18-28(21-39)35(33)38)47(44,45)42-17-16-34(42)36(43)41(23-29-15-14-27(22-40-29)26-10-5-2-6-11-26)30-12-7-13-31(19-30)46-24-25-8-3-1-4-9-25/h1,3-4,7-9,12-15,18-20,22,26,34H,2,5-6,10-11,16-17,23-24H2/t34-/m1/s1. The second kappa shape index (κ2) is 14.0. The molecule has 8 nitrogen and oxygen atoms in total. The highest BCUT2D eigenvalue weighted by Gasteiger charge is 2.45. The van der Waals surface area contributed by atoms with Crippen molar-refractivity contribution in [1.82, 2.24) is 9.29 Å². The van der Waals surface area contributed by atoms with Gasteiger partial charge in [-0.05, 0) is 66.6 Å². The maximum Gasteiger partial charge on any atom is 0.245 e. The lowest BCUT2D eigenvalue weighted by atomic mass is 9.85. The molecule has 1 atom stereocenters. The minimum Gasteiger partial charge on any atom is -0.489 e. The molecule has 11 heteroatoms. The predicted octanol–water partition coefficient (Wildman–Crippen LogP) is 6.85. The molecule has 6 rings (SSSR count). The van der Waals surface area contributed by atoms with E-state index in [1.165, 1.54) is 35.8 Å². The molecule has 1 saturated carbocycles. The summed E-state index contributed by atoms with van der Waals surface area (Å²) in [5, 5.41) is 9.20. The molecule has 1 aliphatic heterocycles. The summed E-state index contributed by atoms with van der Waals surface area (Å²) in [5.41, 5.74) is 2.52. The van der Waals surface area contributed by atoms with Gasteiger partial charge in [0.25, 0.3) is 0 Å². The molecule has 2 heterocycles. The van der Waals surface area contributed by atoms with E-state index in [0.717, 1.165) is 28.8 Å². The van der Waals surface area contributed by atoms with Gasteiger partial charge in [-0.25, -0.2) is 17.2 Å². The number of sulfonamides is 1. The number of halogens is 2. The number of amides is 1. The van der Waals surface area contributed by atoms with Crippen molar-refractivity contribution >= 4 is 21.6 Å². The smallest absolute Gasteiger partial charge is 0.245 e. The summed E-state index contributed by atoms with van der Waals surface area (Å²) in [6.45, 7) is 0.387. The van der Waals surface area contributed by atoms with Crippen molar-refractivity contribution in [1.29, 1.82) is 5.26 Å². The molecule has 1 aliphatic carbocycles. The lowest BCUT2D eigenvalue weighted by molar-refractivity contribution is -0.125. The zero-order valence-electron chi connectivity index (χ0n) is 25.7. The monoisotopic (exact) mass is 656 g/mol. The predicted molar refractivity (Wildman–Crippen MR) is 172 cm³/mol. The Morgan fingerprint density at radius 1 is 0.979 bits per heavy atom. The largest absolute Gasteiger partial charge is 0.489 e. The van der Waals surface area contributed by atoms with Gasteiger partial charge in [-0.3, -0.25) is 9.78 Å². The highest BCUT2D eigenvalue weighted by Crippen LogP contribution is 2.34. The Kier molecular flexibility index (Phi) is 9.61. The van der Waals surface area contributed by atoms with Crippen LogP contribution in [0.2, 0.25) is 0 Å². The molecule has 242 valence electrons. The first kappa shape index (κ1) is 32.3. The van der Waals surface area contributed by atoms with Crippen LogP contribution < -0.4 is 9.64 Å². The van der Waals surface area contributed by atoms with Crippen LogP contribution >= 0.6 is 0 Å². The fourth-order valence-electron chi connectivity index (χ4n) is 6.16. The third kappa shape index (κ3) is 7.04. The first-order valence-electron chi connectivity index (χ1n) is 15.7. The number of carbonyl (C=O) groups excluding carboxylic acids is 1. The third-order valence-electron chi connectivity index (χ3n) is 8.87. The van der Waals surface area contributed by atoms with Crippen LogP contribution in [0.3, 0.4) is 0 Å². The molecule has 2 aliphatic rings. The number of benzene rings is 3. The van der Waals surface area contributed by atoms with E-state index in [-0.39, 0.29) is 19.5 Å². The van der Waals surface area contributed by atoms with Gasteiger partial charge in [-0.1, -0.05) is 61.7 Å². The van der Waals surface area contributed by atoms with E-state index < -0.39 is 44.1 Å². The Bertz CT molecular complexity index is 1890. The van der Waals surface area contributed by atoms with Crippen molar-refractivity contribution < 1.29 is 26.7 Å². The van der Waals surface area contributed by atoms with Gasteiger partial charge in [-0.2, -0.15) is 9.57 Å². The van der Waals surface area contributed by atoms with Crippen molar-refractivity contribution in [3.63, 3.8) is 0 Å². The Labute approximate surface area is 273 Å². The summed E-state index contributed by atoms with van der Waals surface area (Å²) in [6, 6.07) is 22.3. The number of nitrogens with zero attached hydrogens (tertiary/aromatic N) is 4. The van der Waals surface area contributed by atoms with Gasteiger partial charge < -0.3 is 9.64 Å². The van der Waals surface area contributed by atoms with Crippen molar-refractivity contribution in [3.05, 3.63) is 119 Å². The SMILES string of the molecule is N#Cc1cc(S(=O)(=O)N2CC[C@@H]2C(=O)N(Cc2ccc(C3CCCCC3)cn2)c2cccc(OCc3ccccc3)c2)cc(F)c1F. The van der Waals surface area contributed by atoms with Gasteiger partial charge in [-0.15, -0.1) is 0 Å². The molecule has 0 spiro atoms. The Morgan fingerprint density at radius 3 is 2.45 bits per heavy atom. The molecular weight excluding hydrogens is 622 g/mol. The molecule has 1 saturated heterocycles. The number of nitriles is 1. The molecule has 3 aromatic carbocycles. The van der Waals surface area contributed by atoms with E-state index in [9.17, 15) is 27.3 Å². The number of carbonyl (C=O) groups is 1. The highest BCUT2D eigenvalue weighted by atomic mass is 32.2. The quantitative estimate of drug-likeness (QED) is 0.185. The summed E-state index contributed by atoms with van der Waals surface area (Å²) < 4.78 is 62.4. The van der Waals surface area contributed by atoms with Crippen LogP contribution in [-0.4, -0.2) is 36.2 Å². The van der Waals surface area contributed by atoms with E-state index in [0.29, 0.717) is 35.7 Å². The van der Waals surface area contributed by atoms with E-state index in [1.807, 2.05) is 42.6 Å². The Balaban J connectivity index is 1.28. The van der Waals surface area contributed by atoms with Crippen LogP contribution in [0.1, 0.15) is 66.8 Å². The summed E-state index contributed by atoms with van der Waals surface area (Å²) in [5.74, 6) is -2.39. The molecule has 1 amide bonds. The van der Waals surface area contributed by atoms with Crippen LogP contribution in [0.5, 0.6) is 5.75 Å². The van der Waals surface area contributed by atoms with Gasteiger partial charge in [0, 0.05) is 24.5 Å². The summed E-state index contributed by atoms with van der Waals surface area (Å²) in [4.78, 5) is 19.8. The highest BCUT2D eigenvalue weighted by molar-refractivity contribution is 7.89. The molecule has 0 radical (unpaired) electrons. The number of anilines is 1. The van der Waals surface area contributed by atoms with E-state index in [2.05, 4.69) is 6.07 Å². The first-order valence-corrected chi connectivity index (χ1v) is 17.1. The van der Waals surface area contributed by atoms with Crippen LogP contribution in [0.4, 0.5) is 14.5 Å². The summed E-state index contributed by atoms with van der Waals surface area (Å²) in [7, 11) is -4.43. The maximum atomic E-state index is 14.2. The van der Waals surface area contributed by atoms with Gasteiger partial charge in [0.05, 0.1) is 22.7 Å². The van der Waals surface area contributed by atoms with Crippen molar-refractivity contribution in [3.8, 4) is 11.8 Å². The van der Waals surface area contributed by atoms with Crippen LogP contribution in [0, 0.1) is 23.0 Å². The lowest BCUT2D eigenvalue weighted by Gasteiger charge is -2.41. The minimum absolute atomic E-state index is 0.00201. The zero-order valence-corrected chi connectivity index (χ0v) is 26.5. The number of hydrogen-bond donors (Lipinski definition) is 0. The molecule has 4 aromatic rings. The third-order valence-corrected chi connectivity index (χ3v) is 10.8. The number of aromatic nitrogens is 1. The molecule has 0 N–H and O–H groups in total. The van der Waals surface area contributed by atoms with Gasteiger partial charge in [0.15, 0.2) is 11.6 Å². The lowest BCUT2D eigenvalue weighted by Crippen LogP contribution is -2.59. The summed E-state index contributed by atoms with van der Waals surface area (Å²) in [6.07, 6.45) is 7.98. The molecule has 0 unspecified atom stereocenters.